The molecule has 0 bridgehead atoms. The summed E-state index contributed by atoms with van der Waals surface area (Å²) in [6.45, 7) is 6.41. The summed E-state index contributed by atoms with van der Waals surface area (Å²) in [7, 11) is 0. The summed E-state index contributed by atoms with van der Waals surface area (Å²) in [5, 5.41) is 0. The quantitative estimate of drug-likeness (QED) is 0.614. The average Bonchev–Trinajstić information content (AvgIpc) is 1.56. The fourth-order valence-corrected chi connectivity index (χ4v) is 5.89. The van der Waals surface area contributed by atoms with E-state index in [1.54, 1.807) is 0 Å². The van der Waals surface area contributed by atoms with Crippen molar-refractivity contribution < 1.29 is 6.15 Å². The van der Waals surface area contributed by atoms with Crippen molar-refractivity contribution in [2.45, 2.75) is 36.9 Å². The van der Waals surface area contributed by atoms with E-state index in [0.717, 1.165) is 0 Å². The van der Waals surface area contributed by atoms with Crippen molar-refractivity contribution >= 4 is 19.2 Å². The molecule has 0 aromatic carbocycles. The van der Waals surface area contributed by atoms with Gasteiger partial charge < -0.3 is 0 Å². The second-order valence-corrected chi connectivity index (χ2v) is 13.7. The number of rotatable bonds is 0. The molecule has 1 fully saturated rings. The minimum absolute atomic E-state index is 0.0679. The van der Waals surface area contributed by atoms with Crippen LogP contribution in [0, 0.1) is 5.41 Å². The Morgan fingerprint density at radius 3 is 1.60 bits per heavy atom. The molecule has 1 saturated heterocycles. The predicted octanol–water partition coefficient (Wildman–Crippen LogP) is 2.11. The molecule has 0 spiro atoms. The Labute approximate surface area is 67.9 Å². The van der Waals surface area contributed by atoms with Crippen LogP contribution in [0.25, 0.3) is 0 Å². The molecule has 1 aliphatic heterocycles. The van der Waals surface area contributed by atoms with Gasteiger partial charge in [0.1, 0.15) is 0 Å². The summed E-state index contributed by atoms with van der Waals surface area (Å²) in [5.74, 6) is 0. The zero-order chi connectivity index (χ0) is 7.99. The molecule has 0 aromatic heterocycles. The van der Waals surface area contributed by atoms with Crippen LogP contribution < -0.4 is 0 Å². The van der Waals surface area contributed by atoms with Gasteiger partial charge in [-0.3, -0.25) is 0 Å². The van der Waals surface area contributed by atoms with Gasteiger partial charge in [0.25, 0.3) is 0 Å². The summed E-state index contributed by atoms with van der Waals surface area (Å²) >= 11 is -2.28. The Bertz CT molecular complexity index is 129. The molecule has 1 heterocycles. The van der Waals surface area contributed by atoms with Crippen molar-refractivity contribution in [3.05, 3.63) is 0 Å². The Hall–Kier alpha value is 0.719. The summed E-state index contributed by atoms with van der Waals surface area (Å²) in [4.78, 5) is 4.27. The molecular weight excluding hydrogens is 235 g/mol. The zero-order valence-corrected chi connectivity index (χ0v) is 10.2. The van der Waals surface area contributed by atoms with Gasteiger partial charge in [-0.05, 0) is 0 Å². The van der Waals surface area contributed by atoms with Gasteiger partial charge >= 0.3 is 67.7 Å². The van der Waals surface area contributed by atoms with E-state index in [4.69, 9.17) is 6.15 Å². The van der Waals surface area contributed by atoms with E-state index < -0.39 is 19.2 Å². The van der Waals surface area contributed by atoms with Crippen molar-refractivity contribution in [2.75, 3.05) is 0 Å². The Balaban J connectivity index is 2.40. The van der Waals surface area contributed by atoms with Crippen LogP contribution in [-0.2, 0) is 6.15 Å². The maximum absolute atomic E-state index is 5.68. The van der Waals surface area contributed by atoms with Crippen LogP contribution in [0.4, 0.5) is 0 Å². The fraction of sp³-hybridized carbons (Fsp3) is 1.00. The van der Waals surface area contributed by atoms with E-state index in [2.05, 4.69) is 30.7 Å². The topological polar surface area (TPSA) is 18.5 Å². The fourth-order valence-electron chi connectivity index (χ4n) is 0.878. The SMILES string of the molecule is CC(C)(C)C1[O][Sn]([CH3])([CH3])[O]1. The van der Waals surface area contributed by atoms with E-state index in [9.17, 15) is 0 Å². The van der Waals surface area contributed by atoms with Gasteiger partial charge in [-0.2, -0.15) is 0 Å². The summed E-state index contributed by atoms with van der Waals surface area (Å²) in [5.41, 5.74) is 0.159. The molecule has 60 valence electrons. The third-order valence-electron chi connectivity index (χ3n) is 1.49. The Morgan fingerprint density at radius 2 is 1.50 bits per heavy atom. The van der Waals surface area contributed by atoms with Crippen molar-refractivity contribution in [3.63, 3.8) is 0 Å². The van der Waals surface area contributed by atoms with Gasteiger partial charge in [0.15, 0.2) is 0 Å². The Kier molecular flexibility index (Phi) is 2.07. The summed E-state index contributed by atoms with van der Waals surface area (Å²) < 4.78 is 11.4. The van der Waals surface area contributed by atoms with Crippen molar-refractivity contribution in [3.8, 4) is 0 Å². The van der Waals surface area contributed by atoms with Gasteiger partial charge in [0.05, 0.1) is 0 Å². The first kappa shape index (κ1) is 8.81. The molecule has 3 heteroatoms. The molecular formula is C7H16O2Sn. The molecule has 0 unspecified atom stereocenters. The van der Waals surface area contributed by atoms with Gasteiger partial charge in [0.2, 0.25) is 0 Å². The monoisotopic (exact) mass is 252 g/mol. The molecule has 0 amide bonds. The third-order valence-corrected chi connectivity index (χ3v) is 5.95. The number of hydrogen-bond donors (Lipinski definition) is 0. The molecule has 0 aliphatic carbocycles. The second-order valence-electron chi connectivity index (χ2n) is 4.33. The van der Waals surface area contributed by atoms with Crippen LogP contribution >= 0.6 is 0 Å². The van der Waals surface area contributed by atoms with Gasteiger partial charge in [0, 0.05) is 0 Å². The molecule has 0 saturated carbocycles. The minimum atomic E-state index is -2.28. The van der Waals surface area contributed by atoms with Crippen LogP contribution in [-0.4, -0.2) is 25.5 Å². The summed E-state index contributed by atoms with van der Waals surface area (Å²) in [6, 6.07) is 0. The van der Waals surface area contributed by atoms with E-state index in [-0.39, 0.29) is 11.7 Å². The molecule has 1 aliphatic rings. The standard InChI is InChI=1S/C5H10O2.2CH3.Sn/c1-5(2,3)4(6)7;;;/h4H,1-3H3;2*1H3;/q-2;;;+2. The van der Waals surface area contributed by atoms with Gasteiger partial charge in [-0.25, -0.2) is 0 Å². The first-order valence-electron chi connectivity index (χ1n) is 3.67. The van der Waals surface area contributed by atoms with Crippen molar-refractivity contribution in [2.24, 2.45) is 5.41 Å². The molecule has 0 radical (unpaired) electrons. The predicted molar refractivity (Wildman–Crippen MR) is 42.9 cm³/mol. The van der Waals surface area contributed by atoms with Crippen LogP contribution in [0.2, 0.25) is 9.88 Å². The number of hydrogen-bond acceptors (Lipinski definition) is 2. The van der Waals surface area contributed by atoms with E-state index in [0.29, 0.717) is 0 Å². The molecule has 0 atom stereocenters. The Morgan fingerprint density at radius 1 is 1.10 bits per heavy atom. The maximum atomic E-state index is 5.68. The second kappa shape index (κ2) is 2.35. The normalized spacial score (nSPS) is 26.1. The van der Waals surface area contributed by atoms with Crippen LogP contribution in [0.1, 0.15) is 20.8 Å². The molecule has 0 aromatic rings. The zero-order valence-electron chi connectivity index (χ0n) is 7.39. The van der Waals surface area contributed by atoms with E-state index >= 15 is 0 Å². The van der Waals surface area contributed by atoms with E-state index in [1.807, 2.05) is 0 Å². The first-order chi connectivity index (χ1) is 4.31. The van der Waals surface area contributed by atoms with Crippen LogP contribution in [0.3, 0.4) is 0 Å². The average molecular weight is 251 g/mol. The first-order valence-corrected chi connectivity index (χ1v) is 11.7. The van der Waals surface area contributed by atoms with Gasteiger partial charge in [-0.15, -0.1) is 0 Å². The van der Waals surface area contributed by atoms with Gasteiger partial charge in [-0.1, -0.05) is 0 Å². The van der Waals surface area contributed by atoms with Crippen molar-refractivity contribution in [1.29, 1.82) is 0 Å². The summed E-state index contributed by atoms with van der Waals surface area (Å²) in [6.07, 6.45) is 0.0679. The van der Waals surface area contributed by atoms with Crippen LogP contribution in [0.5, 0.6) is 0 Å². The molecule has 2 nitrogen and oxygen atoms in total. The van der Waals surface area contributed by atoms with Crippen LogP contribution in [0.15, 0.2) is 0 Å². The molecule has 10 heavy (non-hydrogen) atoms. The third kappa shape index (κ3) is 1.86. The van der Waals surface area contributed by atoms with E-state index in [1.165, 1.54) is 0 Å². The molecule has 1 rings (SSSR count). The molecule has 0 N–H and O–H groups in total. The van der Waals surface area contributed by atoms with Crippen molar-refractivity contribution in [1.82, 2.24) is 0 Å².